The molecule has 0 saturated carbocycles. The summed E-state index contributed by atoms with van der Waals surface area (Å²) in [7, 11) is 0. The summed E-state index contributed by atoms with van der Waals surface area (Å²) in [5.74, 6) is 0.466. The molecule has 0 bridgehead atoms. The van der Waals surface area contributed by atoms with Crippen LogP contribution in [0.15, 0.2) is 18.3 Å². The number of amides is 1. The standard InChI is InChI=1S/C12H18N2O4/c1-12(2,3)18-11(16)13-6-7-17-10-5-4-9(15)8-14-10/h4-5,8,15H,6-7H2,1-3H3,(H,13,16). The Morgan fingerprint density at radius 2 is 2.17 bits per heavy atom. The lowest BCUT2D eigenvalue weighted by Crippen LogP contribution is -2.34. The van der Waals surface area contributed by atoms with Gasteiger partial charge in [-0.3, -0.25) is 0 Å². The Hall–Kier alpha value is -1.98. The molecule has 1 heterocycles. The van der Waals surface area contributed by atoms with Crippen molar-refractivity contribution in [3.8, 4) is 11.6 Å². The number of carbonyl (C=O) groups is 1. The highest BCUT2D eigenvalue weighted by atomic mass is 16.6. The van der Waals surface area contributed by atoms with Crippen molar-refractivity contribution in [1.29, 1.82) is 0 Å². The molecule has 18 heavy (non-hydrogen) atoms. The molecule has 0 aliphatic carbocycles. The second-order valence-corrected chi connectivity index (χ2v) is 4.63. The molecule has 2 N–H and O–H groups in total. The summed E-state index contributed by atoms with van der Waals surface area (Å²) in [6.07, 6.45) is 0.807. The summed E-state index contributed by atoms with van der Waals surface area (Å²) in [4.78, 5) is 15.1. The van der Waals surface area contributed by atoms with Gasteiger partial charge in [0.05, 0.1) is 12.7 Å². The summed E-state index contributed by atoms with van der Waals surface area (Å²) in [5, 5.41) is 11.6. The van der Waals surface area contributed by atoms with E-state index < -0.39 is 11.7 Å². The fourth-order valence-electron chi connectivity index (χ4n) is 1.08. The van der Waals surface area contributed by atoms with Gasteiger partial charge in [-0.2, -0.15) is 0 Å². The van der Waals surface area contributed by atoms with E-state index in [0.717, 1.165) is 0 Å². The summed E-state index contributed by atoms with van der Waals surface area (Å²) in [6.45, 7) is 5.98. The fraction of sp³-hybridized carbons (Fsp3) is 0.500. The molecule has 0 fully saturated rings. The Bertz CT molecular complexity index is 384. The van der Waals surface area contributed by atoms with E-state index in [1.54, 1.807) is 26.8 Å². The number of hydrogen-bond donors (Lipinski definition) is 2. The van der Waals surface area contributed by atoms with Crippen molar-refractivity contribution >= 4 is 6.09 Å². The van der Waals surface area contributed by atoms with Gasteiger partial charge in [-0.05, 0) is 26.8 Å². The van der Waals surface area contributed by atoms with E-state index in [2.05, 4.69) is 10.3 Å². The van der Waals surface area contributed by atoms with Crippen molar-refractivity contribution in [2.24, 2.45) is 0 Å². The first-order valence-corrected chi connectivity index (χ1v) is 5.61. The molecule has 6 heteroatoms. The molecular weight excluding hydrogens is 236 g/mol. The second-order valence-electron chi connectivity index (χ2n) is 4.63. The zero-order valence-corrected chi connectivity index (χ0v) is 10.8. The van der Waals surface area contributed by atoms with Crippen molar-refractivity contribution in [2.45, 2.75) is 26.4 Å². The Morgan fingerprint density at radius 3 is 2.72 bits per heavy atom. The molecule has 0 atom stereocenters. The van der Waals surface area contributed by atoms with Crippen LogP contribution >= 0.6 is 0 Å². The molecule has 6 nitrogen and oxygen atoms in total. The minimum Gasteiger partial charge on any atom is -0.506 e. The quantitative estimate of drug-likeness (QED) is 0.799. The molecule has 0 aromatic carbocycles. The van der Waals surface area contributed by atoms with Crippen LogP contribution in [0.3, 0.4) is 0 Å². The van der Waals surface area contributed by atoms with Gasteiger partial charge in [-0.25, -0.2) is 9.78 Å². The van der Waals surface area contributed by atoms with E-state index in [0.29, 0.717) is 12.4 Å². The van der Waals surface area contributed by atoms with Gasteiger partial charge < -0.3 is 19.9 Å². The number of nitrogens with zero attached hydrogens (tertiary/aromatic N) is 1. The van der Waals surface area contributed by atoms with Gasteiger partial charge in [0, 0.05) is 6.07 Å². The van der Waals surface area contributed by atoms with Crippen LogP contribution in [0.25, 0.3) is 0 Å². The average Bonchev–Trinajstić information content (AvgIpc) is 2.24. The number of carbonyl (C=O) groups excluding carboxylic acids is 1. The van der Waals surface area contributed by atoms with Gasteiger partial charge in [0.1, 0.15) is 18.0 Å². The zero-order chi connectivity index (χ0) is 13.6. The van der Waals surface area contributed by atoms with Gasteiger partial charge in [-0.15, -0.1) is 0 Å². The predicted octanol–water partition coefficient (Wildman–Crippen LogP) is 1.69. The van der Waals surface area contributed by atoms with Crippen LogP contribution in [0, 0.1) is 0 Å². The highest BCUT2D eigenvalue weighted by molar-refractivity contribution is 5.67. The first kappa shape index (κ1) is 14.1. The molecule has 0 aliphatic heterocycles. The van der Waals surface area contributed by atoms with Crippen LogP contribution in [0.2, 0.25) is 0 Å². The molecule has 1 rings (SSSR count). The molecular formula is C12H18N2O4. The lowest BCUT2D eigenvalue weighted by Gasteiger charge is -2.19. The third-order valence-electron chi connectivity index (χ3n) is 1.74. The molecule has 1 aromatic rings. The van der Waals surface area contributed by atoms with Gasteiger partial charge in [-0.1, -0.05) is 0 Å². The number of hydrogen-bond acceptors (Lipinski definition) is 5. The number of nitrogens with one attached hydrogen (secondary N) is 1. The second kappa shape index (κ2) is 6.09. The Kier molecular flexibility index (Phi) is 4.76. The zero-order valence-electron chi connectivity index (χ0n) is 10.8. The largest absolute Gasteiger partial charge is 0.506 e. The summed E-state index contributed by atoms with van der Waals surface area (Å²) >= 11 is 0. The maximum atomic E-state index is 11.3. The van der Waals surface area contributed by atoms with Crippen LogP contribution in [0.4, 0.5) is 4.79 Å². The first-order valence-electron chi connectivity index (χ1n) is 5.61. The number of alkyl carbamates (subject to hydrolysis) is 1. The first-order chi connectivity index (χ1) is 8.37. The smallest absolute Gasteiger partial charge is 0.407 e. The fourth-order valence-corrected chi connectivity index (χ4v) is 1.08. The average molecular weight is 254 g/mol. The lowest BCUT2D eigenvalue weighted by atomic mass is 10.2. The highest BCUT2D eigenvalue weighted by Gasteiger charge is 2.15. The van der Waals surface area contributed by atoms with Crippen LogP contribution in [0.1, 0.15) is 20.8 Å². The van der Waals surface area contributed by atoms with E-state index in [9.17, 15) is 4.79 Å². The van der Waals surface area contributed by atoms with E-state index in [1.807, 2.05) is 0 Å². The number of aromatic hydroxyl groups is 1. The van der Waals surface area contributed by atoms with Crippen molar-refractivity contribution in [1.82, 2.24) is 10.3 Å². The van der Waals surface area contributed by atoms with E-state index >= 15 is 0 Å². The molecule has 0 radical (unpaired) electrons. The molecule has 1 aromatic heterocycles. The minimum absolute atomic E-state index is 0.0780. The minimum atomic E-state index is -0.510. The topological polar surface area (TPSA) is 80.7 Å². The Morgan fingerprint density at radius 1 is 1.44 bits per heavy atom. The maximum absolute atomic E-state index is 11.3. The van der Waals surface area contributed by atoms with Crippen LogP contribution in [-0.4, -0.2) is 34.9 Å². The van der Waals surface area contributed by atoms with Gasteiger partial charge >= 0.3 is 6.09 Å². The SMILES string of the molecule is CC(C)(C)OC(=O)NCCOc1ccc(O)cn1. The highest BCUT2D eigenvalue weighted by Crippen LogP contribution is 2.11. The van der Waals surface area contributed by atoms with E-state index in [4.69, 9.17) is 14.6 Å². The van der Waals surface area contributed by atoms with Gasteiger partial charge in [0.25, 0.3) is 0 Å². The molecule has 100 valence electrons. The summed E-state index contributed by atoms with van der Waals surface area (Å²) < 4.78 is 10.3. The van der Waals surface area contributed by atoms with Crippen molar-refractivity contribution in [2.75, 3.05) is 13.2 Å². The lowest BCUT2D eigenvalue weighted by molar-refractivity contribution is 0.0520. The monoisotopic (exact) mass is 254 g/mol. The molecule has 0 unspecified atom stereocenters. The van der Waals surface area contributed by atoms with Crippen LogP contribution < -0.4 is 10.1 Å². The third kappa shape index (κ3) is 5.93. The molecule has 1 amide bonds. The summed E-state index contributed by atoms with van der Waals surface area (Å²) in [5.41, 5.74) is -0.510. The molecule has 0 aliphatic rings. The summed E-state index contributed by atoms with van der Waals surface area (Å²) in [6, 6.07) is 3.02. The van der Waals surface area contributed by atoms with Gasteiger partial charge in [0.2, 0.25) is 5.88 Å². The van der Waals surface area contributed by atoms with Crippen molar-refractivity contribution in [3.63, 3.8) is 0 Å². The molecule has 0 saturated heterocycles. The Balaban J connectivity index is 2.19. The van der Waals surface area contributed by atoms with E-state index in [1.165, 1.54) is 12.3 Å². The van der Waals surface area contributed by atoms with Crippen molar-refractivity contribution in [3.05, 3.63) is 18.3 Å². The normalized spacial score (nSPS) is 10.8. The van der Waals surface area contributed by atoms with Crippen LogP contribution in [-0.2, 0) is 4.74 Å². The Labute approximate surface area is 106 Å². The van der Waals surface area contributed by atoms with Crippen LogP contribution in [0.5, 0.6) is 11.6 Å². The number of rotatable bonds is 4. The predicted molar refractivity (Wildman–Crippen MR) is 65.6 cm³/mol. The number of pyridine rings is 1. The van der Waals surface area contributed by atoms with E-state index in [-0.39, 0.29) is 12.4 Å². The maximum Gasteiger partial charge on any atom is 0.407 e. The number of aromatic nitrogens is 1. The number of ether oxygens (including phenoxy) is 2. The van der Waals surface area contributed by atoms with Gasteiger partial charge in [0.15, 0.2) is 0 Å². The third-order valence-corrected chi connectivity index (χ3v) is 1.74. The molecule has 0 spiro atoms. The van der Waals surface area contributed by atoms with Crippen molar-refractivity contribution < 1.29 is 19.4 Å².